The van der Waals surface area contributed by atoms with Crippen LogP contribution in [0.3, 0.4) is 0 Å². The zero-order valence-corrected chi connectivity index (χ0v) is 11.8. The lowest BCUT2D eigenvalue weighted by atomic mass is 9.99. The van der Waals surface area contributed by atoms with Crippen LogP contribution in [0.2, 0.25) is 0 Å². The van der Waals surface area contributed by atoms with Crippen molar-refractivity contribution in [3.05, 3.63) is 0 Å². The topological polar surface area (TPSA) is 15.3 Å². The Hall–Kier alpha value is 0.270. The molecule has 0 atom stereocenters. The number of nitrogens with zero attached hydrogens (tertiary/aromatic N) is 1. The van der Waals surface area contributed by atoms with Gasteiger partial charge in [0, 0.05) is 13.1 Å². The van der Waals surface area contributed by atoms with Gasteiger partial charge >= 0.3 is 0 Å². The largest absolute Gasteiger partial charge is 0.315 e. The van der Waals surface area contributed by atoms with E-state index in [9.17, 15) is 0 Å². The summed E-state index contributed by atoms with van der Waals surface area (Å²) in [7, 11) is 0. The van der Waals surface area contributed by atoms with E-state index in [0.717, 1.165) is 5.92 Å². The molecule has 0 radical (unpaired) electrons. The second kappa shape index (κ2) is 9.32. The fraction of sp³-hybridized carbons (Fsp3) is 1.00. The Morgan fingerprint density at radius 3 is 2.69 bits per heavy atom. The van der Waals surface area contributed by atoms with Gasteiger partial charge in [-0.2, -0.15) is 11.8 Å². The third-order valence-electron chi connectivity index (χ3n) is 3.33. The second-order valence-corrected chi connectivity index (χ2v) is 6.22. The summed E-state index contributed by atoms with van der Waals surface area (Å²) in [5, 5.41) is 3.55. The summed E-state index contributed by atoms with van der Waals surface area (Å²) in [5.41, 5.74) is 0. The summed E-state index contributed by atoms with van der Waals surface area (Å²) in [4.78, 5) is 2.60. The molecule has 0 bridgehead atoms. The minimum Gasteiger partial charge on any atom is -0.315 e. The van der Waals surface area contributed by atoms with Crippen LogP contribution in [0.15, 0.2) is 0 Å². The molecule has 1 rings (SSSR count). The molecule has 0 aromatic heterocycles. The maximum atomic E-state index is 3.55. The molecule has 0 aliphatic carbocycles. The molecule has 96 valence electrons. The van der Waals surface area contributed by atoms with Crippen LogP contribution in [-0.2, 0) is 0 Å². The molecule has 0 aromatic rings. The first-order valence-electron chi connectivity index (χ1n) is 6.83. The summed E-state index contributed by atoms with van der Waals surface area (Å²) in [6.07, 6.45) is 4.11. The molecule has 0 saturated carbocycles. The second-order valence-electron chi connectivity index (χ2n) is 4.82. The van der Waals surface area contributed by atoms with Gasteiger partial charge < -0.3 is 10.2 Å². The van der Waals surface area contributed by atoms with Crippen molar-refractivity contribution in [3.8, 4) is 0 Å². The molecular formula is C13H28N2S. The van der Waals surface area contributed by atoms with Crippen molar-refractivity contribution in [2.45, 2.75) is 33.1 Å². The maximum absolute atomic E-state index is 3.55. The van der Waals surface area contributed by atoms with Crippen LogP contribution < -0.4 is 5.32 Å². The number of rotatable bonds is 8. The summed E-state index contributed by atoms with van der Waals surface area (Å²) in [5.74, 6) is 3.52. The van der Waals surface area contributed by atoms with Crippen LogP contribution in [0.1, 0.15) is 33.1 Å². The summed E-state index contributed by atoms with van der Waals surface area (Å²) in [6, 6.07) is 0. The van der Waals surface area contributed by atoms with Gasteiger partial charge in [-0.05, 0) is 56.3 Å². The lowest BCUT2D eigenvalue weighted by Crippen LogP contribution is -2.38. The number of hydrogen-bond acceptors (Lipinski definition) is 3. The molecule has 1 fully saturated rings. The van der Waals surface area contributed by atoms with Gasteiger partial charge in [-0.1, -0.05) is 13.8 Å². The van der Waals surface area contributed by atoms with Gasteiger partial charge in [-0.25, -0.2) is 0 Å². The molecule has 1 saturated heterocycles. The summed E-state index contributed by atoms with van der Waals surface area (Å²) >= 11 is 2.04. The first kappa shape index (κ1) is 14.3. The van der Waals surface area contributed by atoms with E-state index in [2.05, 4.69) is 24.1 Å². The van der Waals surface area contributed by atoms with E-state index in [1.165, 1.54) is 63.5 Å². The SMILES string of the molecule is CCSCCCNCCN1CCC(C)CC1. The first-order valence-corrected chi connectivity index (χ1v) is 7.99. The van der Waals surface area contributed by atoms with Crippen LogP contribution in [0.4, 0.5) is 0 Å². The Bertz CT molecular complexity index is 156. The van der Waals surface area contributed by atoms with Crippen molar-refractivity contribution in [3.63, 3.8) is 0 Å². The number of thioether (sulfide) groups is 1. The highest BCUT2D eigenvalue weighted by atomic mass is 32.2. The number of likely N-dealkylation sites (tertiary alicyclic amines) is 1. The standard InChI is InChI=1S/C13H28N2S/c1-3-16-12-4-7-14-8-11-15-9-5-13(2)6-10-15/h13-14H,3-12H2,1-2H3. The molecule has 1 aliphatic rings. The normalized spacial score (nSPS) is 19.1. The van der Waals surface area contributed by atoms with Crippen molar-refractivity contribution in [2.75, 3.05) is 44.2 Å². The van der Waals surface area contributed by atoms with Gasteiger partial charge in [0.05, 0.1) is 0 Å². The highest BCUT2D eigenvalue weighted by molar-refractivity contribution is 7.99. The molecule has 0 unspecified atom stereocenters. The average molecular weight is 244 g/mol. The Morgan fingerprint density at radius 1 is 1.25 bits per heavy atom. The van der Waals surface area contributed by atoms with Crippen LogP contribution in [0.25, 0.3) is 0 Å². The lowest BCUT2D eigenvalue weighted by Gasteiger charge is -2.30. The van der Waals surface area contributed by atoms with Crippen molar-refractivity contribution in [2.24, 2.45) is 5.92 Å². The van der Waals surface area contributed by atoms with Crippen LogP contribution in [0.5, 0.6) is 0 Å². The Labute approximate surface area is 106 Å². The van der Waals surface area contributed by atoms with Crippen molar-refractivity contribution in [1.82, 2.24) is 10.2 Å². The Balaban J connectivity index is 1.84. The predicted octanol–water partition coefficient (Wildman–Crippen LogP) is 2.45. The molecular weight excluding hydrogens is 216 g/mol. The van der Waals surface area contributed by atoms with Crippen LogP contribution >= 0.6 is 11.8 Å². The third kappa shape index (κ3) is 6.77. The number of nitrogens with one attached hydrogen (secondary N) is 1. The number of piperidine rings is 1. The maximum Gasteiger partial charge on any atom is 0.0107 e. The quantitative estimate of drug-likeness (QED) is 0.660. The molecule has 1 aliphatic heterocycles. The van der Waals surface area contributed by atoms with Crippen LogP contribution in [-0.4, -0.2) is 49.1 Å². The van der Waals surface area contributed by atoms with Crippen molar-refractivity contribution < 1.29 is 0 Å². The van der Waals surface area contributed by atoms with E-state index in [0.29, 0.717) is 0 Å². The molecule has 1 heterocycles. The zero-order valence-electron chi connectivity index (χ0n) is 11.0. The van der Waals surface area contributed by atoms with Gasteiger partial charge in [-0.3, -0.25) is 0 Å². The monoisotopic (exact) mass is 244 g/mol. The van der Waals surface area contributed by atoms with E-state index >= 15 is 0 Å². The van der Waals surface area contributed by atoms with E-state index in [4.69, 9.17) is 0 Å². The Kier molecular flexibility index (Phi) is 8.34. The zero-order chi connectivity index (χ0) is 11.6. The minimum atomic E-state index is 0.954. The fourth-order valence-corrected chi connectivity index (χ4v) is 2.73. The van der Waals surface area contributed by atoms with E-state index in [-0.39, 0.29) is 0 Å². The molecule has 3 heteroatoms. The van der Waals surface area contributed by atoms with Gasteiger partial charge in [0.1, 0.15) is 0 Å². The minimum absolute atomic E-state index is 0.954. The first-order chi connectivity index (χ1) is 7.83. The molecule has 1 N–H and O–H groups in total. The fourth-order valence-electron chi connectivity index (χ4n) is 2.09. The van der Waals surface area contributed by atoms with Gasteiger partial charge in [0.25, 0.3) is 0 Å². The lowest BCUT2D eigenvalue weighted by molar-refractivity contribution is 0.193. The summed E-state index contributed by atoms with van der Waals surface area (Å²) < 4.78 is 0. The van der Waals surface area contributed by atoms with E-state index in [1.807, 2.05) is 11.8 Å². The molecule has 0 aromatic carbocycles. The molecule has 0 amide bonds. The van der Waals surface area contributed by atoms with Gasteiger partial charge in [-0.15, -0.1) is 0 Å². The molecule has 16 heavy (non-hydrogen) atoms. The smallest absolute Gasteiger partial charge is 0.0107 e. The van der Waals surface area contributed by atoms with Crippen molar-refractivity contribution in [1.29, 1.82) is 0 Å². The average Bonchev–Trinajstić information content (AvgIpc) is 2.30. The predicted molar refractivity (Wildman–Crippen MR) is 75.3 cm³/mol. The third-order valence-corrected chi connectivity index (χ3v) is 4.31. The number of hydrogen-bond donors (Lipinski definition) is 1. The summed E-state index contributed by atoms with van der Waals surface area (Å²) in [6.45, 7) is 10.8. The van der Waals surface area contributed by atoms with Gasteiger partial charge in [0.15, 0.2) is 0 Å². The van der Waals surface area contributed by atoms with Crippen LogP contribution in [0, 0.1) is 5.92 Å². The molecule has 0 spiro atoms. The van der Waals surface area contributed by atoms with Crippen molar-refractivity contribution >= 4 is 11.8 Å². The highest BCUT2D eigenvalue weighted by Crippen LogP contribution is 2.14. The highest BCUT2D eigenvalue weighted by Gasteiger charge is 2.14. The van der Waals surface area contributed by atoms with E-state index in [1.54, 1.807) is 0 Å². The van der Waals surface area contributed by atoms with Gasteiger partial charge in [0.2, 0.25) is 0 Å². The van der Waals surface area contributed by atoms with E-state index < -0.39 is 0 Å². The Morgan fingerprint density at radius 2 is 2.00 bits per heavy atom. The molecule has 2 nitrogen and oxygen atoms in total.